The number of anilines is 2. The number of aliphatic hydroxyl groups excluding tert-OH is 1. The number of aliphatic hydroxyl groups is 1. The first kappa shape index (κ1) is 10.8. The van der Waals surface area contributed by atoms with Crippen LogP contribution in [0.15, 0.2) is 0 Å². The summed E-state index contributed by atoms with van der Waals surface area (Å²) in [5, 5.41) is 25.8. The van der Waals surface area contributed by atoms with Gasteiger partial charge in [-0.2, -0.15) is 10.4 Å². The van der Waals surface area contributed by atoms with Crippen LogP contribution in [0.1, 0.15) is 30.9 Å². The second-order valence-electron chi connectivity index (χ2n) is 3.98. The largest absolute Gasteiger partial charge is 0.391 e. The molecule has 16 heavy (non-hydrogen) atoms. The van der Waals surface area contributed by atoms with Crippen molar-refractivity contribution in [3.05, 3.63) is 5.56 Å². The molecule has 1 heterocycles. The molecule has 0 aliphatic heterocycles. The van der Waals surface area contributed by atoms with Crippen molar-refractivity contribution < 1.29 is 5.11 Å². The number of rotatable bonds is 2. The van der Waals surface area contributed by atoms with Crippen molar-refractivity contribution in [2.75, 3.05) is 18.1 Å². The van der Waals surface area contributed by atoms with E-state index in [4.69, 9.17) is 11.0 Å². The van der Waals surface area contributed by atoms with E-state index in [0.29, 0.717) is 17.2 Å². The summed E-state index contributed by atoms with van der Waals surface area (Å²) in [4.78, 5) is 0. The molecule has 0 aromatic carbocycles. The van der Waals surface area contributed by atoms with Gasteiger partial charge in [-0.3, -0.25) is 0 Å². The Morgan fingerprint density at radius 1 is 1.62 bits per heavy atom. The summed E-state index contributed by atoms with van der Waals surface area (Å²) < 4.78 is 1.57. The maximum absolute atomic E-state index is 9.79. The number of nitrogens with two attached hydrogens (primary N) is 1. The summed E-state index contributed by atoms with van der Waals surface area (Å²) in [5.74, 6) is 0.803. The van der Waals surface area contributed by atoms with Crippen LogP contribution >= 0.6 is 0 Å². The Labute approximate surface area is 93.7 Å². The van der Waals surface area contributed by atoms with Crippen LogP contribution in [0.25, 0.3) is 0 Å². The van der Waals surface area contributed by atoms with E-state index in [0.717, 1.165) is 19.3 Å². The number of hydrogen-bond acceptors (Lipinski definition) is 5. The first-order chi connectivity index (χ1) is 7.69. The van der Waals surface area contributed by atoms with Crippen LogP contribution in [0.2, 0.25) is 0 Å². The normalized spacial score (nSPS) is 24.3. The molecule has 1 aromatic rings. The van der Waals surface area contributed by atoms with Crippen LogP contribution in [0.3, 0.4) is 0 Å². The van der Waals surface area contributed by atoms with Gasteiger partial charge in [-0.1, -0.05) is 0 Å². The highest BCUT2D eigenvalue weighted by atomic mass is 16.3. The number of aromatic nitrogens is 2. The molecule has 0 radical (unpaired) electrons. The Hall–Kier alpha value is -1.74. The van der Waals surface area contributed by atoms with Gasteiger partial charge in [0.1, 0.15) is 17.5 Å². The van der Waals surface area contributed by atoms with E-state index < -0.39 is 6.10 Å². The Balaban J connectivity index is 2.42. The van der Waals surface area contributed by atoms with Crippen LogP contribution in [0.5, 0.6) is 0 Å². The molecule has 1 aromatic heterocycles. The van der Waals surface area contributed by atoms with Crippen LogP contribution in [0.4, 0.5) is 11.6 Å². The molecule has 0 bridgehead atoms. The lowest BCUT2D eigenvalue weighted by atomic mass is 10.2. The van der Waals surface area contributed by atoms with E-state index in [1.165, 1.54) is 0 Å². The summed E-state index contributed by atoms with van der Waals surface area (Å²) >= 11 is 0. The lowest BCUT2D eigenvalue weighted by Gasteiger charge is -2.16. The predicted molar refractivity (Wildman–Crippen MR) is 59.8 cm³/mol. The Bertz CT molecular complexity index is 433. The highest BCUT2D eigenvalue weighted by molar-refractivity contribution is 5.63. The average molecular weight is 221 g/mol. The highest BCUT2D eigenvalue weighted by Crippen LogP contribution is 2.33. The molecule has 0 amide bonds. The number of nitrogens with one attached hydrogen (secondary N) is 1. The molecule has 2 rings (SSSR count). The van der Waals surface area contributed by atoms with Crippen LogP contribution in [-0.4, -0.2) is 28.0 Å². The van der Waals surface area contributed by atoms with Gasteiger partial charge in [-0.25, -0.2) is 4.68 Å². The highest BCUT2D eigenvalue weighted by Gasteiger charge is 2.30. The zero-order valence-electron chi connectivity index (χ0n) is 9.14. The second kappa shape index (κ2) is 4.02. The zero-order valence-corrected chi connectivity index (χ0v) is 9.14. The van der Waals surface area contributed by atoms with E-state index in [1.807, 2.05) is 6.07 Å². The van der Waals surface area contributed by atoms with Crippen LogP contribution in [0, 0.1) is 11.3 Å². The fraction of sp³-hybridized carbons (Fsp3) is 0.600. The third-order valence-corrected chi connectivity index (χ3v) is 3.05. The lowest BCUT2D eigenvalue weighted by molar-refractivity contribution is 0.131. The molecule has 6 nitrogen and oxygen atoms in total. The maximum atomic E-state index is 9.79. The molecule has 1 saturated carbocycles. The lowest BCUT2D eigenvalue weighted by Crippen LogP contribution is -2.21. The number of nitrogens with zero attached hydrogens (tertiary/aromatic N) is 3. The molecule has 0 saturated heterocycles. The van der Waals surface area contributed by atoms with E-state index in [2.05, 4.69) is 10.4 Å². The van der Waals surface area contributed by atoms with Gasteiger partial charge in [-0.05, 0) is 19.3 Å². The standard InChI is InChI=1S/C10H15N5O/c1-13-10-6(5-11)9(12)15(14-10)7-3-2-4-8(7)16/h7-8,16H,2-4,12H2,1H3,(H,13,14). The quantitative estimate of drug-likeness (QED) is 0.673. The summed E-state index contributed by atoms with van der Waals surface area (Å²) in [6, 6.07) is 1.92. The Morgan fingerprint density at radius 3 is 2.81 bits per heavy atom. The van der Waals surface area contributed by atoms with Crippen molar-refractivity contribution in [1.82, 2.24) is 9.78 Å². The van der Waals surface area contributed by atoms with Crippen LogP contribution in [-0.2, 0) is 0 Å². The average Bonchev–Trinajstić information content (AvgIpc) is 2.82. The van der Waals surface area contributed by atoms with E-state index >= 15 is 0 Å². The summed E-state index contributed by atoms with van der Waals surface area (Å²) in [5.41, 5.74) is 6.21. The third-order valence-electron chi connectivity index (χ3n) is 3.05. The van der Waals surface area contributed by atoms with Crippen molar-refractivity contribution in [2.45, 2.75) is 31.4 Å². The molecule has 6 heteroatoms. The minimum Gasteiger partial charge on any atom is -0.391 e. The Kier molecular flexibility index (Phi) is 2.71. The maximum Gasteiger partial charge on any atom is 0.168 e. The van der Waals surface area contributed by atoms with E-state index in [1.54, 1.807) is 11.7 Å². The second-order valence-corrected chi connectivity index (χ2v) is 3.98. The Morgan fingerprint density at radius 2 is 2.38 bits per heavy atom. The van der Waals surface area contributed by atoms with Gasteiger partial charge in [0.15, 0.2) is 5.82 Å². The first-order valence-electron chi connectivity index (χ1n) is 5.33. The third kappa shape index (κ3) is 1.49. The van der Waals surface area contributed by atoms with Gasteiger partial charge in [-0.15, -0.1) is 0 Å². The fourth-order valence-corrected chi connectivity index (χ4v) is 2.19. The topological polar surface area (TPSA) is 99.9 Å². The van der Waals surface area contributed by atoms with Crippen molar-refractivity contribution in [2.24, 2.45) is 0 Å². The van der Waals surface area contributed by atoms with Crippen molar-refractivity contribution in [3.8, 4) is 6.07 Å². The van der Waals surface area contributed by atoms with E-state index in [9.17, 15) is 5.11 Å². The summed E-state index contributed by atoms with van der Waals surface area (Å²) in [6.07, 6.45) is 2.16. The number of nitrogen functional groups attached to an aromatic ring is 1. The smallest absolute Gasteiger partial charge is 0.168 e. The monoisotopic (exact) mass is 221 g/mol. The number of hydrogen-bond donors (Lipinski definition) is 3. The fourth-order valence-electron chi connectivity index (χ4n) is 2.19. The van der Waals surface area contributed by atoms with Crippen LogP contribution < -0.4 is 11.1 Å². The summed E-state index contributed by atoms with van der Waals surface area (Å²) in [6.45, 7) is 0. The molecule has 2 atom stereocenters. The molecule has 1 fully saturated rings. The minimum absolute atomic E-state index is 0.103. The van der Waals surface area contributed by atoms with Gasteiger partial charge in [0.25, 0.3) is 0 Å². The SMILES string of the molecule is CNc1nn(C2CCCC2O)c(N)c1C#N. The van der Waals surface area contributed by atoms with Gasteiger partial charge in [0, 0.05) is 7.05 Å². The molecule has 1 aliphatic carbocycles. The molecule has 86 valence electrons. The number of nitriles is 1. The summed E-state index contributed by atoms with van der Waals surface area (Å²) in [7, 11) is 1.69. The first-order valence-corrected chi connectivity index (χ1v) is 5.33. The van der Waals surface area contributed by atoms with Gasteiger partial charge in [0.2, 0.25) is 0 Å². The van der Waals surface area contributed by atoms with Gasteiger partial charge < -0.3 is 16.2 Å². The minimum atomic E-state index is -0.418. The van der Waals surface area contributed by atoms with Crippen molar-refractivity contribution >= 4 is 11.6 Å². The molecule has 4 N–H and O–H groups in total. The molecule has 1 aliphatic rings. The van der Waals surface area contributed by atoms with Gasteiger partial charge in [0.05, 0.1) is 12.1 Å². The molecular weight excluding hydrogens is 206 g/mol. The molecule has 0 spiro atoms. The molecule has 2 unspecified atom stereocenters. The van der Waals surface area contributed by atoms with Crippen molar-refractivity contribution in [3.63, 3.8) is 0 Å². The van der Waals surface area contributed by atoms with E-state index in [-0.39, 0.29) is 6.04 Å². The van der Waals surface area contributed by atoms with Gasteiger partial charge >= 0.3 is 0 Å². The molecular formula is C10H15N5O. The zero-order chi connectivity index (χ0) is 11.7. The van der Waals surface area contributed by atoms with Crippen molar-refractivity contribution in [1.29, 1.82) is 5.26 Å². The predicted octanol–water partition coefficient (Wildman–Crippen LogP) is 0.465.